The smallest absolute Gasteiger partial charge is 0.161 e. The predicted molar refractivity (Wildman–Crippen MR) is 67.0 cm³/mol. The van der Waals surface area contributed by atoms with Gasteiger partial charge in [-0.3, -0.25) is 0 Å². The first-order valence-corrected chi connectivity index (χ1v) is 6.37. The molecule has 1 nitrogen and oxygen atoms in total. The van der Waals surface area contributed by atoms with E-state index in [1.165, 1.54) is 5.56 Å². The highest BCUT2D eigenvalue weighted by molar-refractivity contribution is 7.91. The molecule has 0 N–H and O–H groups in total. The molecule has 2 heteroatoms. The van der Waals surface area contributed by atoms with E-state index in [2.05, 4.69) is 0 Å². The fourth-order valence-corrected chi connectivity index (χ4v) is 2.75. The third-order valence-corrected chi connectivity index (χ3v) is 4.09. The summed E-state index contributed by atoms with van der Waals surface area (Å²) in [6.45, 7) is 4.02. The lowest BCUT2D eigenvalue weighted by atomic mass is 10.2. The Kier molecular flexibility index (Phi) is 3.32. The van der Waals surface area contributed by atoms with Crippen LogP contribution in [0.25, 0.3) is 0 Å². The Morgan fingerprint density at radius 1 is 0.875 bits per heavy atom. The lowest BCUT2D eigenvalue weighted by molar-refractivity contribution is 0.594. The number of hydrogen-bond donors (Lipinski definition) is 0. The van der Waals surface area contributed by atoms with Crippen LogP contribution in [0.1, 0.15) is 11.1 Å². The lowest BCUT2D eigenvalue weighted by Crippen LogP contribution is -2.03. The zero-order valence-electron chi connectivity index (χ0n) is 9.44. The molecule has 0 saturated heterocycles. The molecule has 2 aromatic rings. The summed E-state index contributed by atoms with van der Waals surface area (Å²) in [4.78, 5) is 1.76. The lowest BCUT2D eigenvalue weighted by Gasteiger charge is -2.11. The maximum Gasteiger partial charge on any atom is 0.161 e. The van der Waals surface area contributed by atoms with Gasteiger partial charge in [0.1, 0.15) is 0 Å². The van der Waals surface area contributed by atoms with Crippen LogP contribution in [-0.2, 0) is 11.2 Å². The second-order valence-corrected chi connectivity index (χ2v) is 5.30. The first kappa shape index (κ1) is 11.2. The molecular weight excluding hydrogens is 216 g/mol. The summed E-state index contributed by atoms with van der Waals surface area (Å²) in [7, 11) is 0. The molecule has 1 unspecified atom stereocenters. The second-order valence-electron chi connectivity index (χ2n) is 3.85. The van der Waals surface area contributed by atoms with Gasteiger partial charge in [-0.15, -0.1) is 0 Å². The van der Waals surface area contributed by atoms with Gasteiger partial charge < -0.3 is 4.55 Å². The first-order valence-electron chi connectivity index (χ1n) is 5.22. The van der Waals surface area contributed by atoms with Crippen LogP contribution in [0.4, 0.5) is 0 Å². The highest BCUT2D eigenvalue weighted by Crippen LogP contribution is 2.23. The van der Waals surface area contributed by atoms with E-state index >= 15 is 0 Å². The second kappa shape index (κ2) is 4.73. The van der Waals surface area contributed by atoms with Crippen molar-refractivity contribution in [3.63, 3.8) is 0 Å². The van der Waals surface area contributed by atoms with Crippen molar-refractivity contribution in [2.24, 2.45) is 0 Å². The number of hydrogen-bond acceptors (Lipinski definition) is 1. The van der Waals surface area contributed by atoms with Crippen LogP contribution in [0.5, 0.6) is 0 Å². The molecule has 0 aliphatic carbocycles. The minimum absolute atomic E-state index is 0.861. The average Bonchev–Trinajstić information content (AvgIpc) is 2.30. The van der Waals surface area contributed by atoms with Crippen molar-refractivity contribution >= 4 is 11.2 Å². The molecule has 2 aromatic carbocycles. The summed E-state index contributed by atoms with van der Waals surface area (Å²) in [6.07, 6.45) is 0. The summed E-state index contributed by atoms with van der Waals surface area (Å²) >= 11 is -1.07. The van der Waals surface area contributed by atoms with Gasteiger partial charge in [-0.2, -0.15) is 0 Å². The first-order chi connectivity index (χ1) is 7.68. The summed E-state index contributed by atoms with van der Waals surface area (Å²) in [6, 6.07) is 15.6. The van der Waals surface area contributed by atoms with E-state index in [0.29, 0.717) is 0 Å². The quantitative estimate of drug-likeness (QED) is 0.724. The van der Waals surface area contributed by atoms with Crippen molar-refractivity contribution in [1.29, 1.82) is 0 Å². The average molecular weight is 230 g/mol. The van der Waals surface area contributed by atoms with E-state index in [1.807, 2.05) is 62.4 Å². The molecule has 1 atom stereocenters. The van der Waals surface area contributed by atoms with Crippen LogP contribution in [0, 0.1) is 13.8 Å². The van der Waals surface area contributed by atoms with Crippen molar-refractivity contribution in [2.75, 3.05) is 0 Å². The van der Waals surface area contributed by atoms with Crippen LogP contribution in [0.15, 0.2) is 58.3 Å². The zero-order valence-corrected chi connectivity index (χ0v) is 10.3. The van der Waals surface area contributed by atoms with E-state index in [-0.39, 0.29) is 0 Å². The predicted octanol–water partition coefficient (Wildman–Crippen LogP) is 3.47. The molecule has 0 aliphatic heterocycles. The zero-order chi connectivity index (χ0) is 11.5. The van der Waals surface area contributed by atoms with Crippen LogP contribution in [0.3, 0.4) is 0 Å². The summed E-state index contributed by atoms with van der Waals surface area (Å²) in [5, 5.41) is 0. The molecule has 0 aromatic heterocycles. The highest BCUT2D eigenvalue weighted by Gasteiger charge is 2.16. The molecule has 0 fully saturated rings. The molecule has 0 heterocycles. The van der Waals surface area contributed by atoms with Crippen molar-refractivity contribution in [2.45, 2.75) is 23.6 Å². The third kappa shape index (κ3) is 2.29. The molecule has 0 radical (unpaired) electrons. The van der Waals surface area contributed by atoms with E-state index in [0.717, 1.165) is 15.4 Å². The van der Waals surface area contributed by atoms with E-state index in [1.54, 1.807) is 0 Å². The minimum Gasteiger partial charge on any atom is -0.606 e. The Hall–Kier alpha value is -1.25. The fraction of sp³-hybridized carbons (Fsp3) is 0.143. The SMILES string of the molecule is Cc1ccc([S+]([O-])c2ccccc2C)cc1. The van der Waals surface area contributed by atoms with Crippen molar-refractivity contribution < 1.29 is 4.55 Å². The Labute approximate surface area is 99.3 Å². The van der Waals surface area contributed by atoms with Gasteiger partial charge in [0, 0.05) is 16.7 Å². The van der Waals surface area contributed by atoms with Crippen molar-refractivity contribution in [1.82, 2.24) is 0 Å². The summed E-state index contributed by atoms with van der Waals surface area (Å²) < 4.78 is 12.3. The largest absolute Gasteiger partial charge is 0.606 e. The number of benzene rings is 2. The van der Waals surface area contributed by atoms with Crippen LogP contribution in [-0.4, -0.2) is 4.55 Å². The maximum absolute atomic E-state index is 12.3. The summed E-state index contributed by atoms with van der Waals surface area (Å²) in [5.74, 6) is 0. The van der Waals surface area contributed by atoms with E-state index in [9.17, 15) is 4.55 Å². The van der Waals surface area contributed by atoms with Crippen LogP contribution >= 0.6 is 0 Å². The van der Waals surface area contributed by atoms with E-state index < -0.39 is 11.2 Å². The topological polar surface area (TPSA) is 23.1 Å². The van der Waals surface area contributed by atoms with Gasteiger partial charge in [-0.25, -0.2) is 0 Å². The Balaban J connectivity index is 2.35. The van der Waals surface area contributed by atoms with Gasteiger partial charge in [0.15, 0.2) is 9.79 Å². The van der Waals surface area contributed by atoms with Gasteiger partial charge in [0.05, 0.1) is 0 Å². The molecule has 82 valence electrons. The van der Waals surface area contributed by atoms with Gasteiger partial charge in [-0.1, -0.05) is 35.9 Å². The Morgan fingerprint density at radius 2 is 1.50 bits per heavy atom. The molecule has 0 saturated carbocycles. The van der Waals surface area contributed by atoms with Crippen LogP contribution in [0.2, 0.25) is 0 Å². The van der Waals surface area contributed by atoms with Crippen molar-refractivity contribution in [3.05, 3.63) is 59.7 Å². The Bertz CT molecular complexity index is 476. The molecule has 0 bridgehead atoms. The standard InChI is InChI=1S/C14H14OS/c1-11-7-9-13(10-8-11)16(15)14-6-4-3-5-12(14)2/h3-10H,1-2H3. The maximum atomic E-state index is 12.3. The number of aryl methyl sites for hydroxylation is 2. The molecule has 0 aliphatic rings. The normalized spacial score (nSPS) is 12.4. The molecule has 16 heavy (non-hydrogen) atoms. The van der Waals surface area contributed by atoms with Gasteiger partial charge in [0.2, 0.25) is 0 Å². The fourth-order valence-electron chi connectivity index (χ4n) is 1.55. The van der Waals surface area contributed by atoms with Crippen molar-refractivity contribution in [3.8, 4) is 0 Å². The minimum atomic E-state index is -1.07. The third-order valence-electron chi connectivity index (χ3n) is 2.53. The van der Waals surface area contributed by atoms with Gasteiger partial charge in [-0.05, 0) is 32.0 Å². The summed E-state index contributed by atoms with van der Waals surface area (Å²) in [5.41, 5.74) is 2.26. The van der Waals surface area contributed by atoms with E-state index in [4.69, 9.17) is 0 Å². The number of rotatable bonds is 2. The highest BCUT2D eigenvalue weighted by atomic mass is 32.2. The monoisotopic (exact) mass is 230 g/mol. The molecule has 0 spiro atoms. The van der Waals surface area contributed by atoms with Crippen LogP contribution < -0.4 is 0 Å². The van der Waals surface area contributed by atoms with Gasteiger partial charge >= 0.3 is 0 Å². The molecule has 0 amide bonds. The molecule has 2 rings (SSSR count). The molecular formula is C14H14OS. The van der Waals surface area contributed by atoms with Gasteiger partial charge in [0.25, 0.3) is 0 Å². The Morgan fingerprint density at radius 3 is 2.12 bits per heavy atom.